The van der Waals surface area contributed by atoms with Crippen molar-refractivity contribution in [2.75, 3.05) is 6.54 Å². The molecule has 0 bridgehead atoms. The van der Waals surface area contributed by atoms with Crippen LogP contribution in [0.4, 0.5) is 4.79 Å². The lowest BCUT2D eigenvalue weighted by Crippen LogP contribution is -2.50. The van der Waals surface area contributed by atoms with Crippen molar-refractivity contribution >= 4 is 15.9 Å². The van der Waals surface area contributed by atoms with Crippen molar-refractivity contribution in [3.8, 4) is 0 Å². The maximum atomic E-state index is 13.2. The molecule has 0 atom stereocenters. The molecule has 134 valence electrons. The van der Waals surface area contributed by atoms with Gasteiger partial charge in [-0.15, -0.1) is 0 Å². The Morgan fingerprint density at radius 2 is 1.71 bits per heavy atom. The Morgan fingerprint density at radius 1 is 1.12 bits per heavy atom. The maximum absolute atomic E-state index is 13.2. The minimum absolute atomic E-state index is 0.0825. The number of hydrogen-bond donors (Lipinski definition) is 1. The molecule has 24 heavy (non-hydrogen) atoms. The van der Waals surface area contributed by atoms with E-state index in [1.165, 1.54) is 0 Å². The zero-order valence-electron chi connectivity index (χ0n) is 14.7. The summed E-state index contributed by atoms with van der Waals surface area (Å²) in [5.41, 5.74) is -0.609. The highest BCUT2D eigenvalue weighted by Crippen LogP contribution is 2.38. The van der Waals surface area contributed by atoms with Crippen molar-refractivity contribution in [2.45, 2.75) is 68.1 Å². The van der Waals surface area contributed by atoms with Gasteiger partial charge < -0.3 is 10.1 Å². The molecule has 0 aliphatic heterocycles. The molecular formula is C18H27NO4S. The van der Waals surface area contributed by atoms with Crippen molar-refractivity contribution in [1.82, 2.24) is 5.32 Å². The zero-order valence-corrected chi connectivity index (χ0v) is 15.5. The van der Waals surface area contributed by atoms with Gasteiger partial charge in [0, 0.05) is 6.54 Å². The second kappa shape index (κ2) is 7.13. The van der Waals surface area contributed by atoms with E-state index in [4.69, 9.17) is 4.74 Å². The molecule has 0 heterocycles. The van der Waals surface area contributed by atoms with Crippen LogP contribution in [0.3, 0.4) is 0 Å². The quantitative estimate of drug-likeness (QED) is 0.896. The summed E-state index contributed by atoms with van der Waals surface area (Å²) >= 11 is 0. The predicted molar refractivity (Wildman–Crippen MR) is 93.7 cm³/mol. The number of hydrogen-bond acceptors (Lipinski definition) is 4. The number of nitrogens with one attached hydrogen (secondary N) is 1. The van der Waals surface area contributed by atoms with Crippen molar-refractivity contribution in [2.24, 2.45) is 0 Å². The van der Waals surface area contributed by atoms with E-state index in [0.717, 1.165) is 19.3 Å². The van der Waals surface area contributed by atoms with E-state index < -0.39 is 26.3 Å². The molecular weight excluding hydrogens is 326 g/mol. The minimum atomic E-state index is -3.53. The van der Waals surface area contributed by atoms with Crippen molar-refractivity contribution in [1.29, 1.82) is 0 Å². The summed E-state index contributed by atoms with van der Waals surface area (Å²) in [6.45, 7) is 5.43. The Bertz CT molecular complexity index is 656. The average Bonchev–Trinajstić information content (AvgIpc) is 2.53. The van der Waals surface area contributed by atoms with Crippen molar-refractivity contribution in [3.63, 3.8) is 0 Å². The third-order valence-electron chi connectivity index (χ3n) is 4.34. The van der Waals surface area contributed by atoms with Crippen molar-refractivity contribution < 1.29 is 17.9 Å². The monoisotopic (exact) mass is 353 g/mol. The largest absolute Gasteiger partial charge is 0.444 e. The molecule has 0 aromatic heterocycles. The zero-order chi connectivity index (χ0) is 17.8. The van der Waals surface area contributed by atoms with Crippen LogP contribution in [-0.4, -0.2) is 31.4 Å². The molecule has 5 nitrogen and oxygen atoms in total. The van der Waals surface area contributed by atoms with Gasteiger partial charge in [0.15, 0.2) is 9.84 Å². The Balaban J connectivity index is 2.22. The van der Waals surface area contributed by atoms with Crippen LogP contribution in [0.5, 0.6) is 0 Å². The summed E-state index contributed by atoms with van der Waals surface area (Å²) in [4.78, 5) is 12.3. The van der Waals surface area contributed by atoms with E-state index in [2.05, 4.69) is 5.32 Å². The Kier molecular flexibility index (Phi) is 5.58. The number of ether oxygens (including phenoxy) is 1. The standard InChI is InChI=1S/C18H27NO4S/c1-17(2,3)23-16(20)19-14-18(12-8-5-9-13-18)24(21,22)15-10-6-4-7-11-15/h4,6-7,10-11H,5,8-9,12-14H2,1-3H3,(H,19,20). The van der Waals surface area contributed by atoms with Gasteiger partial charge in [0.1, 0.15) is 5.60 Å². The molecule has 1 N–H and O–H groups in total. The molecule has 1 aromatic carbocycles. The van der Waals surface area contributed by atoms with Crippen molar-refractivity contribution in [3.05, 3.63) is 30.3 Å². The van der Waals surface area contributed by atoms with Crippen LogP contribution in [0.1, 0.15) is 52.9 Å². The Morgan fingerprint density at radius 3 is 2.25 bits per heavy atom. The predicted octanol–water partition coefficient (Wildman–Crippen LogP) is 3.69. The molecule has 1 aromatic rings. The van der Waals surface area contributed by atoms with E-state index in [1.807, 2.05) is 0 Å². The minimum Gasteiger partial charge on any atom is -0.444 e. The molecule has 1 saturated carbocycles. The second-order valence-corrected chi connectivity index (χ2v) is 9.76. The fourth-order valence-corrected chi connectivity index (χ4v) is 5.24. The summed E-state index contributed by atoms with van der Waals surface area (Å²) in [6, 6.07) is 8.50. The third kappa shape index (κ3) is 4.29. The summed E-state index contributed by atoms with van der Waals surface area (Å²) < 4.78 is 30.7. The van der Waals surface area contributed by atoms with Gasteiger partial charge in [-0.05, 0) is 45.7 Å². The van der Waals surface area contributed by atoms with E-state index in [-0.39, 0.29) is 6.54 Å². The van der Waals surface area contributed by atoms with Gasteiger partial charge >= 0.3 is 6.09 Å². The van der Waals surface area contributed by atoms with Gasteiger partial charge in [-0.25, -0.2) is 13.2 Å². The molecule has 1 amide bonds. The smallest absolute Gasteiger partial charge is 0.407 e. The van der Waals surface area contributed by atoms with Crippen LogP contribution < -0.4 is 5.32 Å². The average molecular weight is 353 g/mol. The van der Waals surface area contributed by atoms with Crippen LogP contribution in [0.2, 0.25) is 0 Å². The van der Waals surface area contributed by atoms with E-state index in [9.17, 15) is 13.2 Å². The molecule has 0 spiro atoms. The summed E-state index contributed by atoms with van der Waals surface area (Å²) in [5, 5.41) is 2.69. The maximum Gasteiger partial charge on any atom is 0.407 e. The lowest BCUT2D eigenvalue weighted by molar-refractivity contribution is 0.0519. The first kappa shape index (κ1) is 18.8. The van der Waals surface area contributed by atoms with Gasteiger partial charge in [0.2, 0.25) is 0 Å². The highest BCUT2D eigenvalue weighted by Gasteiger charge is 2.45. The van der Waals surface area contributed by atoms with Gasteiger partial charge in [0.05, 0.1) is 9.64 Å². The normalized spacial score (nSPS) is 18.0. The van der Waals surface area contributed by atoms with Gasteiger partial charge in [-0.1, -0.05) is 37.5 Å². The molecule has 1 fully saturated rings. The molecule has 6 heteroatoms. The number of benzene rings is 1. The summed E-state index contributed by atoms with van der Waals surface area (Å²) in [7, 11) is -3.53. The molecule has 0 saturated heterocycles. The van der Waals surface area contributed by atoms with Gasteiger partial charge in [0.25, 0.3) is 0 Å². The number of alkyl carbamates (subject to hydrolysis) is 1. The molecule has 0 unspecified atom stereocenters. The van der Waals surface area contributed by atoms with Crippen LogP contribution in [0.25, 0.3) is 0 Å². The lowest BCUT2D eigenvalue weighted by atomic mass is 9.88. The molecule has 1 aliphatic rings. The van der Waals surface area contributed by atoms with E-state index in [1.54, 1.807) is 51.1 Å². The van der Waals surface area contributed by atoms with Crippen LogP contribution in [0, 0.1) is 0 Å². The Hall–Kier alpha value is -1.56. The third-order valence-corrected chi connectivity index (χ3v) is 6.93. The number of rotatable bonds is 4. The van der Waals surface area contributed by atoms with Gasteiger partial charge in [-0.2, -0.15) is 0 Å². The highest BCUT2D eigenvalue weighted by molar-refractivity contribution is 7.92. The van der Waals surface area contributed by atoms with Crippen LogP contribution in [0.15, 0.2) is 35.2 Å². The number of carbonyl (C=O) groups excluding carboxylic acids is 1. The SMILES string of the molecule is CC(C)(C)OC(=O)NCC1(S(=O)(=O)c2ccccc2)CCCCC1. The Labute approximate surface area is 144 Å². The first-order valence-corrected chi connectivity index (χ1v) is 9.91. The van der Waals surface area contributed by atoms with Crippen LogP contribution in [-0.2, 0) is 14.6 Å². The van der Waals surface area contributed by atoms with E-state index >= 15 is 0 Å². The summed E-state index contributed by atoms with van der Waals surface area (Å²) in [6.07, 6.45) is 3.26. The van der Waals surface area contributed by atoms with Crippen LogP contribution >= 0.6 is 0 Å². The number of carbonyl (C=O) groups is 1. The van der Waals surface area contributed by atoms with Gasteiger partial charge in [-0.3, -0.25) is 0 Å². The summed E-state index contributed by atoms with van der Waals surface area (Å²) in [5.74, 6) is 0. The fourth-order valence-electron chi connectivity index (χ4n) is 3.13. The second-order valence-electron chi connectivity index (χ2n) is 7.42. The molecule has 2 rings (SSSR count). The molecule has 1 aliphatic carbocycles. The first-order valence-electron chi connectivity index (χ1n) is 8.43. The highest BCUT2D eigenvalue weighted by atomic mass is 32.2. The topological polar surface area (TPSA) is 72.5 Å². The lowest BCUT2D eigenvalue weighted by Gasteiger charge is -2.37. The molecule has 0 radical (unpaired) electrons. The van der Waals surface area contributed by atoms with E-state index in [0.29, 0.717) is 17.7 Å². The number of amides is 1. The number of sulfone groups is 1. The first-order chi connectivity index (χ1) is 11.2. The fraction of sp³-hybridized carbons (Fsp3) is 0.611.